The van der Waals surface area contributed by atoms with Crippen LogP contribution in [0.5, 0.6) is 0 Å². The highest BCUT2D eigenvalue weighted by Crippen LogP contribution is 2.13. The predicted octanol–water partition coefficient (Wildman–Crippen LogP) is 2.28. The molecule has 0 aliphatic carbocycles. The molecular weight excluding hydrogens is 236 g/mol. The summed E-state index contributed by atoms with van der Waals surface area (Å²) >= 11 is 5.89. The minimum Gasteiger partial charge on any atom is -0.340 e. The number of halogens is 1. The Morgan fingerprint density at radius 1 is 1.47 bits per heavy atom. The van der Waals surface area contributed by atoms with Crippen LogP contribution in [-0.4, -0.2) is 23.9 Å². The molecule has 1 aromatic rings. The summed E-state index contributed by atoms with van der Waals surface area (Å²) in [5.74, 6) is 0.101. The van der Waals surface area contributed by atoms with Crippen molar-refractivity contribution in [1.82, 2.24) is 4.90 Å². The van der Waals surface area contributed by atoms with E-state index in [0.29, 0.717) is 11.6 Å². The minimum absolute atomic E-state index is 0.0417. The normalized spacial score (nSPS) is 12.6. The van der Waals surface area contributed by atoms with Crippen molar-refractivity contribution in [2.75, 3.05) is 7.05 Å². The van der Waals surface area contributed by atoms with E-state index in [9.17, 15) is 4.79 Å². The molecule has 0 fully saturated rings. The van der Waals surface area contributed by atoms with Crippen molar-refractivity contribution in [3.05, 3.63) is 34.9 Å². The number of nitrogens with zero attached hydrogens (tertiary/aromatic N) is 1. The average Bonchev–Trinajstić information content (AvgIpc) is 2.26. The van der Waals surface area contributed by atoms with Crippen molar-refractivity contribution in [3.63, 3.8) is 0 Å². The standard InChI is InChI=1S/C13H19ClN2O/c1-9(2)12(15)13(17)16(3)8-10-5-4-6-11(14)7-10/h4-7,9,12H,8,15H2,1-3H3. The summed E-state index contributed by atoms with van der Waals surface area (Å²) in [6, 6.07) is 7.03. The molecule has 2 N–H and O–H groups in total. The van der Waals surface area contributed by atoms with Crippen LogP contribution in [0.3, 0.4) is 0 Å². The first-order chi connectivity index (χ1) is 7.91. The van der Waals surface area contributed by atoms with Gasteiger partial charge in [-0.05, 0) is 23.6 Å². The SMILES string of the molecule is CC(C)C(N)C(=O)N(C)Cc1cccc(Cl)c1. The lowest BCUT2D eigenvalue weighted by molar-refractivity contribution is -0.132. The number of carbonyl (C=O) groups excluding carboxylic acids is 1. The van der Waals surface area contributed by atoms with Gasteiger partial charge < -0.3 is 10.6 Å². The molecule has 0 aromatic heterocycles. The second-order valence-electron chi connectivity index (χ2n) is 4.59. The maximum absolute atomic E-state index is 11.9. The van der Waals surface area contributed by atoms with E-state index in [1.807, 2.05) is 38.1 Å². The maximum Gasteiger partial charge on any atom is 0.239 e. The van der Waals surface area contributed by atoms with Crippen LogP contribution < -0.4 is 5.73 Å². The number of likely N-dealkylation sites (N-methyl/N-ethyl adjacent to an activating group) is 1. The van der Waals surface area contributed by atoms with E-state index in [2.05, 4.69) is 0 Å². The number of nitrogens with two attached hydrogens (primary N) is 1. The van der Waals surface area contributed by atoms with Gasteiger partial charge in [-0.3, -0.25) is 4.79 Å². The zero-order valence-corrected chi connectivity index (χ0v) is 11.2. The third-order valence-corrected chi connectivity index (χ3v) is 2.92. The summed E-state index contributed by atoms with van der Waals surface area (Å²) in [6.45, 7) is 4.41. The third kappa shape index (κ3) is 4.02. The van der Waals surface area contributed by atoms with E-state index < -0.39 is 6.04 Å². The van der Waals surface area contributed by atoms with Crippen LogP contribution in [0.15, 0.2) is 24.3 Å². The quantitative estimate of drug-likeness (QED) is 0.896. The molecule has 1 amide bonds. The molecule has 94 valence electrons. The fraction of sp³-hybridized carbons (Fsp3) is 0.462. The molecule has 1 aromatic carbocycles. The van der Waals surface area contributed by atoms with Crippen molar-refractivity contribution < 1.29 is 4.79 Å². The van der Waals surface area contributed by atoms with E-state index in [1.165, 1.54) is 0 Å². The Morgan fingerprint density at radius 3 is 2.65 bits per heavy atom. The molecule has 0 heterocycles. The molecule has 0 radical (unpaired) electrons. The Kier molecular flexibility index (Phi) is 4.97. The van der Waals surface area contributed by atoms with Crippen LogP contribution in [0.25, 0.3) is 0 Å². The van der Waals surface area contributed by atoms with Gasteiger partial charge in [-0.2, -0.15) is 0 Å². The van der Waals surface area contributed by atoms with Gasteiger partial charge in [0.05, 0.1) is 6.04 Å². The lowest BCUT2D eigenvalue weighted by atomic mass is 10.0. The Morgan fingerprint density at radius 2 is 2.12 bits per heavy atom. The van der Waals surface area contributed by atoms with E-state index >= 15 is 0 Å². The molecule has 1 rings (SSSR count). The number of hydrogen-bond acceptors (Lipinski definition) is 2. The van der Waals surface area contributed by atoms with E-state index in [4.69, 9.17) is 17.3 Å². The topological polar surface area (TPSA) is 46.3 Å². The lowest BCUT2D eigenvalue weighted by Gasteiger charge is -2.23. The summed E-state index contributed by atoms with van der Waals surface area (Å²) in [5, 5.41) is 0.677. The molecule has 1 atom stereocenters. The Bertz CT molecular complexity index is 393. The molecule has 0 spiro atoms. The predicted molar refractivity (Wildman–Crippen MR) is 70.7 cm³/mol. The van der Waals surface area contributed by atoms with E-state index in [0.717, 1.165) is 5.56 Å². The van der Waals surface area contributed by atoms with Gasteiger partial charge in [-0.15, -0.1) is 0 Å². The largest absolute Gasteiger partial charge is 0.340 e. The van der Waals surface area contributed by atoms with Crippen LogP contribution in [0.4, 0.5) is 0 Å². The average molecular weight is 255 g/mol. The van der Waals surface area contributed by atoms with Crippen molar-refractivity contribution in [1.29, 1.82) is 0 Å². The van der Waals surface area contributed by atoms with Crippen LogP contribution in [0.1, 0.15) is 19.4 Å². The summed E-state index contributed by atoms with van der Waals surface area (Å²) in [5.41, 5.74) is 6.83. The van der Waals surface area contributed by atoms with Crippen LogP contribution in [-0.2, 0) is 11.3 Å². The van der Waals surface area contributed by atoms with Gasteiger partial charge in [0.25, 0.3) is 0 Å². The molecule has 0 bridgehead atoms. The van der Waals surface area contributed by atoms with Crippen molar-refractivity contribution in [3.8, 4) is 0 Å². The number of amides is 1. The molecule has 17 heavy (non-hydrogen) atoms. The van der Waals surface area contributed by atoms with Crippen LogP contribution in [0, 0.1) is 5.92 Å². The summed E-state index contributed by atoms with van der Waals surface area (Å²) < 4.78 is 0. The lowest BCUT2D eigenvalue weighted by Crippen LogP contribution is -2.44. The molecule has 1 unspecified atom stereocenters. The fourth-order valence-electron chi connectivity index (χ4n) is 1.53. The van der Waals surface area contributed by atoms with Gasteiger partial charge in [0.15, 0.2) is 0 Å². The zero-order valence-electron chi connectivity index (χ0n) is 10.5. The molecular formula is C13H19ClN2O. The molecule has 3 nitrogen and oxygen atoms in total. The highest BCUT2D eigenvalue weighted by Gasteiger charge is 2.20. The van der Waals surface area contributed by atoms with Gasteiger partial charge >= 0.3 is 0 Å². The smallest absolute Gasteiger partial charge is 0.239 e. The van der Waals surface area contributed by atoms with Gasteiger partial charge in [-0.1, -0.05) is 37.6 Å². The first kappa shape index (κ1) is 14.0. The Balaban J connectivity index is 2.66. The van der Waals surface area contributed by atoms with Gasteiger partial charge in [0, 0.05) is 18.6 Å². The number of carbonyl (C=O) groups is 1. The molecule has 0 aliphatic heterocycles. The second-order valence-corrected chi connectivity index (χ2v) is 5.03. The summed E-state index contributed by atoms with van der Waals surface area (Å²) in [7, 11) is 1.76. The first-order valence-electron chi connectivity index (χ1n) is 5.67. The summed E-state index contributed by atoms with van der Waals surface area (Å²) in [6.07, 6.45) is 0. The number of rotatable bonds is 4. The monoisotopic (exact) mass is 254 g/mol. The summed E-state index contributed by atoms with van der Waals surface area (Å²) in [4.78, 5) is 13.6. The highest BCUT2D eigenvalue weighted by molar-refractivity contribution is 6.30. The molecule has 0 saturated carbocycles. The second kappa shape index (κ2) is 6.03. The van der Waals surface area contributed by atoms with Crippen molar-refractivity contribution >= 4 is 17.5 Å². The van der Waals surface area contributed by atoms with Crippen molar-refractivity contribution in [2.24, 2.45) is 11.7 Å². The third-order valence-electron chi connectivity index (χ3n) is 2.69. The molecule has 4 heteroatoms. The number of benzene rings is 1. The number of hydrogen-bond donors (Lipinski definition) is 1. The minimum atomic E-state index is -0.445. The van der Waals surface area contributed by atoms with Gasteiger partial charge in [0.1, 0.15) is 0 Å². The van der Waals surface area contributed by atoms with Gasteiger partial charge in [-0.25, -0.2) is 0 Å². The van der Waals surface area contributed by atoms with Crippen LogP contribution in [0.2, 0.25) is 5.02 Å². The molecule has 0 aliphatic rings. The van der Waals surface area contributed by atoms with E-state index in [-0.39, 0.29) is 11.8 Å². The Hall–Kier alpha value is -1.06. The van der Waals surface area contributed by atoms with Gasteiger partial charge in [0.2, 0.25) is 5.91 Å². The highest BCUT2D eigenvalue weighted by atomic mass is 35.5. The fourth-order valence-corrected chi connectivity index (χ4v) is 1.74. The maximum atomic E-state index is 11.9. The van der Waals surface area contributed by atoms with Crippen molar-refractivity contribution in [2.45, 2.75) is 26.4 Å². The van der Waals surface area contributed by atoms with Crippen LogP contribution >= 0.6 is 11.6 Å². The van der Waals surface area contributed by atoms with E-state index in [1.54, 1.807) is 11.9 Å². The zero-order chi connectivity index (χ0) is 13.0. The Labute approximate surface area is 108 Å². The molecule has 0 saturated heterocycles. The first-order valence-corrected chi connectivity index (χ1v) is 6.04.